The summed E-state index contributed by atoms with van der Waals surface area (Å²) in [5.41, 5.74) is 11.1. The van der Waals surface area contributed by atoms with E-state index in [2.05, 4.69) is 36.5 Å². The Bertz CT molecular complexity index is 825. The number of thiocarbonyl (C=S) groups is 1. The normalized spacial score (nSPS) is 10.7. The summed E-state index contributed by atoms with van der Waals surface area (Å²) in [7, 11) is 0. The van der Waals surface area contributed by atoms with Crippen LogP contribution in [0, 0.1) is 6.92 Å². The van der Waals surface area contributed by atoms with E-state index < -0.39 is 0 Å². The van der Waals surface area contributed by atoms with E-state index in [1.807, 2.05) is 31.2 Å². The molecule has 0 spiro atoms. The highest BCUT2D eigenvalue weighted by Crippen LogP contribution is 2.28. The van der Waals surface area contributed by atoms with Crippen molar-refractivity contribution in [2.24, 2.45) is 10.8 Å². The van der Waals surface area contributed by atoms with Gasteiger partial charge in [0.05, 0.1) is 12.8 Å². The van der Waals surface area contributed by atoms with Crippen molar-refractivity contribution in [3.8, 4) is 17.2 Å². The van der Waals surface area contributed by atoms with Gasteiger partial charge in [-0.25, -0.2) is 0 Å². The van der Waals surface area contributed by atoms with Gasteiger partial charge in [0, 0.05) is 0 Å². The molecule has 0 aliphatic rings. The highest BCUT2D eigenvalue weighted by atomic mass is 32.1. The van der Waals surface area contributed by atoms with E-state index in [0.29, 0.717) is 31.3 Å². The third-order valence-electron chi connectivity index (χ3n) is 3.78. The number of hydrazone groups is 1. The molecule has 2 aromatic carbocycles. The number of hydrogen-bond acceptors (Lipinski definition) is 5. The van der Waals surface area contributed by atoms with E-state index in [-0.39, 0.29) is 5.11 Å². The molecule has 6 nitrogen and oxygen atoms in total. The number of hydrogen-bond donors (Lipinski definition) is 2. The van der Waals surface area contributed by atoms with Gasteiger partial charge in [-0.15, -0.1) is 0 Å². The molecule has 2 rings (SSSR count). The standard InChI is InChI=1S/C21H27N3O3S/c1-4-16-10-15(3)11-18(12-16)26-8-9-27-19-7-6-17(13-20(19)25-5-2)14-23-24-21(22)28/h6-7,10-14H,4-5,8-9H2,1-3H3,(H3,22,24,28)/b23-14+. The van der Waals surface area contributed by atoms with Gasteiger partial charge < -0.3 is 19.9 Å². The lowest BCUT2D eigenvalue weighted by atomic mass is 10.1. The number of nitrogens with one attached hydrogen (secondary N) is 1. The lowest BCUT2D eigenvalue weighted by Gasteiger charge is -2.13. The summed E-state index contributed by atoms with van der Waals surface area (Å²) in [5, 5.41) is 4.06. The highest BCUT2D eigenvalue weighted by Gasteiger charge is 2.06. The third kappa shape index (κ3) is 7.08. The Balaban J connectivity index is 1.94. The largest absolute Gasteiger partial charge is 0.490 e. The van der Waals surface area contributed by atoms with E-state index >= 15 is 0 Å². The molecule has 28 heavy (non-hydrogen) atoms. The van der Waals surface area contributed by atoms with Gasteiger partial charge in [-0.2, -0.15) is 5.10 Å². The molecule has 0 bridgehead atoms. The Labute approximate surface area is 171 Å². The van der Waals surface area contributed by atoms with Crippen LogP contribution < -0.4 is 25.4 Å². The minimum atomic E-state index is 0.112. The molecule has 0 atom stereocenters. The van der Waals surface area contributed by atoms with Gasteiger partial charge in [0.15, 0.2) is 16.6 Å². The molecular formula is C21H27N3O3S. The molecule has 0 aliphatic heterocycles. The first-order valence-electron chi connectivity index (χ1n) is 9.23. The second kappa shape index (κ2) is 11.1. The maximum atomic E-state index is 5.85. The van der Waals surface area contributed by atoms with Crippen LogP contribution in [-0.4, -0.2) is 31.1 Å². The Hall–Kier alpha value is -2.80. The lowest BCUT2D eigenvalue weighted by molar-refractivity contribution is 0.208. The summed E-state index contributed by atoms with van der Waals surface area (Å²) in [6, 6.07) is 11.8. The minimum absolute atomic E-state index is 0.112. The maximum absolute atomic E-state index is 5.85. The average molecular weight is 402 g/mol. The average Bonchev–Trinajstić information content (AvgIpc) is 2.66. The Morgan fingerprint density at radius 1 is 1.07 bits per heavy atom. The van der Waals surface area contributed by atoms with E-state index in [4.69, 9.17) is 32.2 Å². The van der Waals surface area contributed by atoms with Crippen LogP contribution in [-0.2, 0) is 6.42 Å². The first-order chi connectivity index (χ1) is 13.5. The molecule has 0 aliphatic carbocycles. The fraction of sp³-hybridized carbons (Fsp3) is 0.333. The molecule has 0 fully saturated rings. The van der Waals surface area contributed by atoms with Crippen LogP contribution in [0.5, 0.6) is 17.2 Å². The van der Waals surface area contributed by atoms with Crippen molar-refractivity contribution in [3.05, 3.63) is 53.1 Å². The van der Waals surface area contributed by atoms with E-state index in [1.165, 1.54) is 11.1 Å². The van der Waals surface area contributed by atoms with Crippen LogP contribution in [0.25, 0.3) is 0 Å². The first kappa shape index (κ1) is 21.5. The van der Waals surface area contributed by atoms with Crippen LogP contribution in [0.15, 0.2) is 41.5 Å². The summed E-state index contributed by atoms with van der Waals surface area (Å²) in [6.07, 6.45) is 2.59. The summed E-state index contributed by atoms with van der Waals surface area (Å²) < 4.78 is 17.3. The Morgan fingerprint density at radius 3 is 2.57 bits per heavy atom. The van der Waals surface area contributed by atoms with Crippen molar-refractivity contribution >= 4 is 23.5 Å². The van der Waals surface area contributed by atoms with Gasteiger partial charge in [0.1, 0.15) is 19.0 Å². The monoisotopic (exact) mass is 401 g/mol. The minimum Gasteiger partial charge on any atom is -0.490 e. The van der Waals surface area contributed by atoms with Crippen molar-refractivity contribution in [1.82, 2.24) is 5.43 Å². The SMILES string of the molecule is CCOc1cc(/C=N/NC(N)=S)ccc1OCCOc1cc(C)cc(CC)c1. The zero-order chi connectivity index (χ0) is 20.4. The molecule has 0 unspecified atom stereocenters. The number of benzene rings is 2. The molecule has 0 saturated heterocycles. The fourth-order valence-electron chi connectivity index (χ4n) is 2.59. The lowest BCUT2D eigenvalue weighted by Crippen LogP contribution is -2.23. The second-order valence-electron chi connectivity index (χ2n) is 6.08. The summed E-state index contributed by atoms with van der Waals surface area (Å²) in [6.45, 7) is 7.50. The number of aryl methyl sites for hydroxylation is 2. The number of rotatable bonds is 10. The highest BCUT2D eigenvalue weighted by molar-refractivity contribution is 7.80. The van der Waals surface area contributed by atoms with Crippen molar-refractivity contribution in [2.75, 3.05) is 19.8 Å². The molecular weight excluding hydrogens is 374 g/mol. The van der Waals surface area contributed by atoms with Crippen LogP contribution in [0.2, 0.25) is 0 Å². The van der Waals surface area contributed by atoms with Crippen LogP contribution in [0.4, 0.5) is 0 Å². The van der Waals surface area contributed by atoms with Crippen LogP contribution >= 0.6 is 12.2 Å². The summed E-state index contributed by atoms with van der Waals surface area (Å²) in [4.78, 5) is 0. The second-order valence-corrected chi connectivity index (χ2v) is 6.52. The van der Waals surface area contributed by atoms with Gasteiger partial charge in [-0.1, -0.05) is 13.0 Å². The molecule has 2 aromatic rings. The van der Waals surface area contributed by atoms with Gasteiger partial charge >= 0.3 is 0 Å². The maximum Gasteiger partial charge on any atom is 0.184 e. The first-order valence-corrected chi connectivity index (χ1v) is 9.64. The Kier molecular flexibility index (Phi) is 8.55. The fourth-order valence-corrected chi connectivity index (χ4v) is 2.64. The van der Waals surface area contributed by atoms with Gasteiger partial charge in [-0.3, -0.25) is 5.43 Å². The number of nitrogens with zero attached hydrogens (tertiary/aromatic N) is 1. The molecule has 150 valence electrons. The molecule has 0 heterocycles. The smallest absolute Gasteiger partial charge is 0.184 e. The van der Waals surface area contributed by atoms with Gasteiger partial charge in [0.2, 0.25) is 0 Å². The Morgan fingerprint density at radius 2 is 1.86 bits per heavy atom. The van der Waals surface area contributed by atoms with Crippen LogP contribution in [0.1, 0.15) is 30.5 Å². The van der Waals surface area contributed by atoms with Crippen molar-refractivity contribution < 1.29 is 14.2 Å². The molecule has 0 radical (unpaired) electrons. The summed E-state index contributed by atoms with van der Waals surface area (Å²) in [5.74, 6) is 2.16. The number of nitrogens with two attached hydrogens (primary N) is 1. The van der Waals surface area contributed by atoms with Gasteiger partial charge in [-0.05, 0) is 79.5 Å². The van der Waals surface area contributed by atoms with Crippen molar-refractivity contribution in [2.45, 2.75) is 27.2 Å². The molecule has 3 N–H and O–H groups in total. The van der Waals surface area contributed by atoms with Crippen molar-refractivity contribution in [1.29, 1.82) is 0 Å². The van der Waals surface area contributed by atoms with E-state index in [1.54, 1.807) is 6.21 Å². The zero-order valence-electron chi connectivity index (χ0n) is 16.5. The zero-order valence-corrected chi connectivity index (χ0v) is 17.3. The predicted octanol–water partition coefficient (Wildman–Crippen LogP) is 3.58. The molecule has 7 heteroatoms. The predicted molar refractivity (Wildman–Crippen MR) is 117 cm³/mol. The molecule has 0 saturated carbocycles. The topological polar surface area (TPSA) is 78.1 Å². The van der Waals surface area contributed by atoms with Gasteiger partial charge in [0.25, 0.3) is 0 Å². The third-order valence-corrected chi connectivity index (χ3v) is 3.88. The van der Waals surface area contributed by atoms with Crippen LogP contribution in [0.3, 0.4) is 0 Å². The molecule has 0 aromatic heterocycles. The molecule has 0 amide bonds. The number of ether oxygens (including phenoxy) is 3. The van der Waals surface area contributed by atoms with E-state index in [0.717, 1.165) is 17.7 Å². The van der Waals surface area contributed by atoms with E-state index in [9.17, 15) is 0 Å². The summed E-state index contributed by atoms with van der Waals surface area (Å²) >= 11 is 4.71. The quantitative estimate of drug-likeness (QED) is 0.274. The van der Waals surface area contributed by atoms with Crippen molar-refractivity contribution in [3.63, 3.8) is 0 Å².